The van der Waals surface area contributed by atoms with Crippen LogP contribution in [0.2, 0.25) is 0 Å². The molecule has 0 bridgehead atoms. The van der Waals surface area contributed by atoms with Crippen LogP contribution in [-0.4, -0.2) is 83.6 Å². The maximum absolute atomic E-state index is 13.3. The van der Waals surface area contributed by atoms with Gasteiger partial charge in [0.25, 0.3) is 0 Å². The van der Waals surface area contributed by atoms with Gasteiger partial charge in [-0.05, 0) is 19.1 Å². The molecule has 5 unspecified atom stereocenters. The van der Waals surface area contributed by atoms with E-state index in [1.165, 1.54) is 0 Å². The Morgan fingerprint density at radius 2 is 2.09 bits per heavy atom. The number of nitrogens with two attached hydrogens (primary N) is 1. The number of Topliss-reactive ketones (excluding diaryl/α,β-unsaturated/α-hetero) is 2. The van der Waals surface area contributed by atoms with E-state index in [4.69, 9.17) is 24.1 Å². The number of primary amides is 1. The summed E-state index contributed by atoms with van der Waals surface area (Å²) in [7, 11) is 1.56. The maximum Gasteiger partial charge on any atom is 0.402 e. The average Bonchev–Trinajstić information content (AvgIpc) is 3.37. The molecule has 5 aliphatic rings. The van der Waals surface area contributed by atoms with Crippen LogP contribution in [0.4, 0.5) is 4.79 Å². The van der Waals surface area contributed by atoms with Gasteiger partial charge in [0.2, 0.25) is 11.6 Å². The number of piperazine rings is 1. The van der Waals surface area contributed by atoms with Gasteiger partial charge in [-0.1, -0.05) is 6.08 Å². The number of carbonyl (C=O) groups excluding carboxylic acids is 2. The Hall–Kier alpha value is -3.15. The first-order chi connectivity index (χ1) is 15.3. The number of methoxy groups -OCH3 is 1. The normalized spacial score (nSPS) is 33.9. The number of nitrogens with zero attached hydrogens (tertiary/aromatic N) is 1. The van der Waals surface area contributed by atoms with E-state index in [2.05, 4.69) is 11.1 Å². The van der Waals surface area contributed by atoms with Crippen LogP contribution in [0, 0.1) is 5.92 Å². The summed E-state index contributed by atoms with van der Waals surface area (Å²) in [4.78, 5) is 37.2. The molecule has 11 nitrogen and oxygen atoms in total. The molecule has 5 atom stereocenters. The molecular weight excluding hydrogens is 422 g/mol. The predicted molar refractivity (Wildman–Crippen MR) is 109 cm³/mol. The molecule has 1 aliphatic carbocycles. The molecule has 4 heterocycles. The van der Waals surface area contributed by atoms with E-state index in [1.807, 2.05) is 17.1 Å². The largest absolute Gasteiger partial charge is 0.490 e. The second kappa shape index (κ2) is 8.08. The summed E-state index contributed by atoms with van der Waals surface area (Å²) in [5, 5.41) is 20.7. The van der Waals surface area contributed by atoms with Crippen molar-refractivity contribution in [3.05, 3.63) is 47.1 Å². The van der Waals surface area contributed by atoms with Gasteiger partial charge in [0.1, 0.15) is 6.61 Å². The van der Waals surface area contributed by atoms with E-state index in [0.717, 1.165) is 0 Å². The van der Waals surface area contributed by atoms with E-state index in [0.29, 0.717) is 17.8 Å². The molecule has 5 N–H and O–H groups in total. The van der Waals surface area contributed by atoms with Crippen LogP contribution < -0.4 is 11.1 Å². The summed E-state index contributed by atoms with van der Waals surface area (Å²) in [5.74, 6) is -1.19. The third-order valence-electron chi connectivity index (χ3n) is 6.32. The lowest BCUT2D eigenvalue weighted by molar-refractivity contribution is -0.137. The number of hydrogen-bond donors (Lipinski definition) is 4. The van der Waals surface area contributed by atoms with Crippen molar-refractivity contribution < 1.29 is 38.8 Å². The van der Waals surface area contributed by atoms with Gasteiger partial charge < -0.3 is 40.4 Å². The highest BCUT2D eigenvalue weighted by Crippen LogP contribution is 2.55. The van der Waals surface area contributed by atoms with E-state index >= 15 is 0 Å². The molecule has 4 aliphatic heterocycles. The van der Waals surface area contributed by atoms with Crippen molar-refractivity contribution in [2.24, 2.45) is 11.7 Å². The molecule has 1 amide bonds. The second-order valence-corrected chi connectivity index (χ2v) is 7.96. The number of allylic oxidation sites excluding steroid dienone is 4. The molecular formula is C21H25N3O8. The summed E-state index contributed by atoms with van der Waals surface area (Å²) in [6, 6.07) is 0.189. The lowest BCUT2D eigenvalue weighted by Crippen LogP contribution is -2.54. The molecule has 0 saturated carbocycles. The van der Waals surface area contributed by atoms with Crippen molar-refractivity contribution in [2.75, 3.05) is 26.9 Å². The first-order valence-electron chi connectivity index (χ1n) is 10.1. The van der Waals surface area contributed by atoms with E-state index in [1.54, 1.807) is 26.4 Å². The number of nitrogens with one attached hydrogen (secondary N) is 1. The van der Waals surface area contributed by atoms with Crippen LogP contribution in [0.15, 0.2) is 47.1 Å². The summed E-state index contributed by atoms with van der Waals surface area (Å²) in [6.45, 7) is 2.00. The van der Waals surface area contributed by atoms with Crippen LogP contribution in [0.5, 0.6) is 0 Å². The minimum atomic E-state index is -1.33. The fourth-order valence-corrected chi connectivity index (χ4v) is 4.98. The van der Waals surface area contributed by atoms with Crippen molar-refractivity contribution in [1.82, 2.24) is 10.2 Å². The zero-order valence-electron chi connectivity index (χ0n) is 17.6. The number of aliphatic hydroxyl groups excluding tert-OH is 1. The number of ketones is 2. The lowest BCUT2D eigenvalue weighted by Gasteiger charge is -2.39. The molecule has 0 spiro atoms. The number of amides is 1. The Morgan fingerprint density at radius 3 is 2.69 bits per heavy atom. The molecule has 32 heavy (non-hydrogen) atoms. The van der Waals surface area contributed by atoms with Crippen molar-refractivity contribution in [1.29, 1.82) is 0 Å². The van der Waals surface area contributed by atoms with Crippen molar-refractivity contribution >= 4 is 17.7 Å². The predicted octanol–water partition coefficient (Wildman–Crippen LogP) is -0.604. The lowest BCUT2D eigenvalue weighted by atomic mass is 9.83. The minimum absolute atomic E-state index is 0.0157. The minimum Gasteiger partial charge on any atom is -0.490 e. The van der Waals surface area contributed by atoms with Crippen molar-refractivity contribution in [3.8, 4) is 0 Å². The standard InChI is InChI=1S/C20H22N2O6.CH3NO2/c1-10-16(24)15-14(17(25)18(10)28-9-11-5-3-4-6-27-11)12(8-23)20(26-2)19-13(21-19)7-22(15)20;2-1(3)4/h3-6,11-13,19,21,23H,7-9H2,1-2H3;2H2,(H,3,4). The summed E-state index contributed by atoms with van der Waals surface area (Å²) in [5.41, 5.74) is 4.03. The SMILES string of the molecule is COC12C(CO)C3=C(C(=O)C(C)=C(OCC4C=CC=CO4)C3=O)N1CC1NC12.NC(=O)O. The van der Waals surface area contributed by atoms with Gasteiger partial charge >= 0.3 is 6.09 Å². The van der Waals surface area contributed by atoms with E-state index < -0.39 is 17.7 Å². The van der Waals surface area contributed by atoms with Gasteiger partial charge in [-0.15, -0.1) is 0 Å². The van der Waals surface area contributed by atoms with Gasteiger partial charge in [-0.25, -0.2) is 4.79 Å². The fraction of sp³-hybridized carbons (Fsp3) is 0.476. The van der Waals surface area contributed by atoms with Gasteiger partial charge in [-0.2, -0.15) is 0 Å². The smallest absolute Gasteiger partial charge is 0.402 e. The van der Waals surface area contributed by atoms with Crippen LogP contribution in [-0.2, 0) is 23.8 Å². The first-order valence-corrected chi connectivity index (χ1v) is 10.1. The molecule has 0 radical (unpaired) electrons. The second-order valence-electron chi connectivity index (χ2n) is 7.96. The van der Waals surface area contributed by atoms with Gasteiger partial charge in [-0.3, -0.25) is 9.59 Å². The third kappa shape index (κ3) is 3.20. The molecule has 5 rings (SSSR count). The number of aliphatic hydroxyl groups is 1. The van der Waals surface area contributed by atoms with Crippen LogP contribution >= 0.6 is 0 Å². The number of fused-ring (bicyclic) bond motifs is 4. The Kier molecular flexibility index (Phi) is 5.57. The summed E-state index contributed by atoms with van der Waals surface area (Å²) >= 11 is 0. The molecule has 0 aromatic carbocycles. The zero-order valence-corrected chi connectivity index (χ0v) is 17.6. The first kappa shape index (κ1) is 22.1. The van der Waals surface area contributed by atoms with Crippen molar-refractivity contribution in [3.63, 3.8) is 0 Å². The summed E-state index contributed by atoms with van der Waals surface area (Å²) in [6.07, 6.45) is 5.30. The molecule has 0 aromatic rings. The maximum atomic E-state index is 13.3. The zero-order chi connectivity index (χ0) is 23.2. The number of carboxylic acid groups (broad SMARTS) is 1. The Labute approximate surface area is 183 Å². The van der Waals surface area contributed by atoms with E-state index in [9.17, 15) is 14.7 Å². The van der Waals surface area contributed by atoms with Crippen LogP contribution in [0.25, 0.3) is 0 Å². The van der Waals surface area contributed by atoms with Gasteiger partial charge in [0.05, 0.1) is 30.5 Å². The number of hydrogen-bond acceptors (Lipinski definition) is 9. The Morgan fingerprint density at radius 1 is 1.38 bits per heavy atom. The third-order valence-corrected chi connectivity index (χ3v) is 6.32. The van der Waals surface area contributed by atoms with Gasteiger partial charge in [0.15, 0.2) is 17.6 Å². The highest BCUT2D eigenvalue weighted by Gasteiger charge is 2.72. The molecule has 2 saturated heterocycles. The highest BCUT2D eigenvalue weighted by molar-refractivity contribution is 6.25. The average molecular weight is 447 g/mol. The Bertz CT molecular complexity index is 980. The molecule has 172 valence electrons. The Balaban J connectivity index is 0.000000567. The van der Waals surface area contributed by atoms with Gasteiger partial charge in [0, 0.05) is 30.8 Å². The molecule has 2 fully saturated rings. The topological polar surface area (TPSA) is 171 Å². The van der Waals surface area contributed by atoms with Crippen LogP contribution in [0.1, 0.15) is 6.92 Å². The van der Waals surface area contributed by atoms with Crippen molar-refractivity contribution in [2.45, 2.75) is 30.8 Å². The molecule has 0 aromatic heterocycles. The summed E-state index contributed by atoms with van der Waals surface area (Å²) < 4.78 is 17.0. The highest BCUT2D eigenvalue weighted by atomic mass is 16.5. The fourth-order valence-electron chi connectivity index (χ4n) is 4.98. The number of carbonyl (C=O) groups is 3. The number of ether oxygens (including phenoxy) is 3. The molecule has 11 heteroatoms. The monoisotopic (exact) mass is 447 g/mol. The van der Waals surface area contributed by atoms with E-state index in [-0.39, 0.29) is 54.3 Å². The quantitative estimate of drug-likeness (QED) is 0.315. The number of rotatable bonds is 5. The van der Waals surface area contributed by atoms with Crippen LogP contribution in [0.3, 0.4) is 0 Å².